The molecule has 1 fully saturated rings. The zero-order chi connectivity index (χ0) is 16.1. The van der Waals surface area contributed by atoms with Gasteiger partial charge in [-0.15, -0.1) is 0 Å². The van der Waals surface area contributed by atoms with Crippen LogP contribution in [-0.2, 0) is 14.6 Å². The fraction of sp³-hybridized carbons (Fsp3) is 1.00. The molecule has 0 aromatic rings. The standard InChI is InChI=1S/C15H31NO4S/c1-12-7-5-6-8-14(12)20-10-13(17)9-16-11-15(2,3)21(4,18)19/h12-14,16-17H,5-11H2,1-4H3. The minimum atomic E-state index is -3.11. The molecule has 21 heavy (non-hydrogen) atoms. The van der Waals surface area contributed by atoms with Crippen molar-refractivity contribution in [3.63, 3.8) is 0 Å². The first kappa shape index (κ1) is 18.9. The minimum absolute atomic E-state index is 0.251. The molecule has 0 heterocycles. The Labute approximate surface area is 129 Å². The first-order valence-corrected chi connectivity index (χ1v) is 9.72. The van der Waals surface area contributed by atoms with Crippen molar-refractivity contribution in [2.45, 2.75) is 63.4 Å². The van der Waals surface area contributed by atoms with E-state index in [2.05, 4.69) is 12.2 Å². The van der Waals surface area contributed by atoms with Crippen LogP contribution < -0.4 is 5.32 Å². The Morgan fingerprint density at radius 3 is 2.52 bits per heavy atom. The van der Waals surface area contributed by atoms with Crippen molar-refractivity contribution in [3.05, 3.63) is 0 Å². The van der Waals surface area contributed by atoms with Gasteiger partial charge in [0.25, 0.3) is 0 Å². The second-order valence-corrected chi connectivity index (χ2v) is 9.60. The Bertz CT molecular complexity index is 408. The van der Waals surface area contributed by atoms with Gasteiger partial charge in [-0.1, -0.05) is 19.8 Å². The van der Waals surface area contributed by atoms with E-state index >= 15 is 0 Å². The Morgan fingerprint density at radius 1 is 1.33 bits per heavy atom. The zero-order valence-electron chi connectivity index (χ0n) is 13.8. The predicted octanol–water partition coefficient (Wildman–Crippen LogP) is 1.36. The lowest BCUT2D eigenvalue weighted by molar-refractivity contribution is -0.0451. The van der Waals surface area contributed by atoms with Crippen LogP contribution in [0.25, 0.3) is 0 Å². The number of ether oxygens (including phenoxy) is 1. The third-order valence-corrected chi connectivity index (χ3v) is 6.62. The van der Waals surface area contributed by atoms with Crippen molar-refractivity contribution in [1.82, 2.24) is 5.32 Å². The van der Waals surface area contributed by atoms with Crippen molar-refractivity contribution in [2.24, 2.45) is 5.92 Å². The van der Waals surface area contributed by atoms with Gasteiger partial charge < -0.3 is 15.2 Å². The summed E-state index contributed by atoms with van der Waals surface area (Å²) in [6, 6.07) is 0. The monoisotopic (exact) mass is 321 g/mol. The van der Waals surface area contributed by atoms with E-state index in [1.54, 1.807) is 13.8 Å². The van der Waals surface area contributed by atoms with Gasteiger partial charge in [-0.2, -0.15) is 0 Å². The fourth-order valence-electron chi connectivity index (χ4n) is 2.49. The Hall–Kier alpha value is -0.170. The summed E-state index contributed by atoms with van der Waals surface area (Å²) in [5.74, 6) is 0.558. The average molecular weight is 321 g/mol. The van der Waals surface area contributed by atoms with Gasteiger partial charge in [0.05, 0.1) is 23.6 Å². The minimum Gasteiger partial charge on any atom is -0.389 e. The maximum atomic E-state index is 11.6. The Balaban J connectivity index is 2.24. The molecule has 3 atom stereocenters. The largest absolute Gasteiger partial charge is 0.389 e. The number of rotatable bonds is 8. The highest BCUT2D eigenvalue weighted by molar-refractivity contribution is 7.92. The van der Waals surface area contributed by atoms with Gasteiger partial charge in [0, 0.05) is 19.3 Å². The van der Waals surface area contributed by atoms with E-state index in [1.165, 1.54) is 25.5 Å². The third kappa shape index (κ3) is 6.22. The van der Waals surface area contributed by atoms with E-state index in [0.717, 1.165) is 6.42 Å². The quantitative estimate of drug-likeness (QED) is 0.706. The summed E-state index contributed by atoms with van der Waals surface area (Å²) >= 11 is 0. The van der Waals surface area contributed by atoms with E-state index in [0.29, 0.717) is 25.6 Å². The molecule has 1 aliphatic carbocycles. The van der Waals surface area contributed by atoms with Crippen LogP contribution in [0.1, 0.15) is 46.5 Å². The van der Waals surface area contributed by atoms with Crippen LogP contribution in [0.15, 0.2) is 0 Å². The number of aliphatic hydroxyl groups excluding tert-OH is 1. The molecule has 2 N–H and O–H groups in total. The lowest BCUT2D eigenvalue weighted by atomic mass is 9.88. The van der Waals surface area contributed by atoms with Crippen molar-refractivity contribution < 1.29 is 18.3 Å². The number of aliphatic hydroxyl groups is 1. The molecule has 3 unspecified atom stereocenters. The van der Waals surface area contributed by atoms with Crippen LogP contribution in [0.3, 0.4) is 0 Å². The van der Waals surface area contributed by atoms with E-state index in [4.69, 9.17) is 4.74 Å². The highest BCUT2D eigenvalue weighted by Gasteiger charge is 2.29. The van der Waals surface area contributed by atoms with Gasteiger partial charge in [0.1, 0.15) is 0 Å². The molecule has 1 saturated carbocycles. The molecule has 126 valence electrons. The smallest absolute Gasteiger partial charge is 0.153 e. The number of hydrogen-bond donors (Lipinski definition) is 2. The first-order chi connectivity index (χ1) is 9.63. The molecule has 0 saturated heterocycles. The number of hydrogen-bond acceptors (Lipinski definition) is 5. The highest BCUT2D eigenvalue weighted by Crippen LogP contribution is 2.26. The molecule has 0 spiro atoms. The molecule has 0 aromatic carbocycles. The second-order valence-electron chi connectivity index (χ2n) is 6.95. The molecule has 1 rings (SSSR count). The normalized spacial score (nSPS) is 25.8. The predicted molar refractivity (Wildman–Crippen MR) is 85.2 cm³/mol. The summed E-state index contributed by atoms with van der Waals surface area (Å²) in [6.45, 7) is 6.54. The van der Waals surface area contributed by atoms with Gasteiger partial charge >= 0.3 is 0 Å². The summed E-state index contributed by atoms with van der Waals surface area (Å²) < 4.78 is 28.1. The molecule has 0 amide bonds. The van der Waals surface area contributed by atoms with Crippen molar-refractivity contribution in [1.29, 1.82) is 0 Å². The maximum absolute atomic E-state index is 11.6. The van der Waals surface area contributed by atoms with Crippen molar-refractivity contribution in [3.8, 4) is 0 Å². The fourth-order valence-corrected chi connectivity index (χ4v) is 2.86. The maximum Gasteiger partial charge on any atom is 0.153 e. The third-order valence-electron chi connectivity index (χ3n) is 4.47. The second kappa shape index (κ2) is 7.90. The molecule has 0 bridgehead atoms. The molecule has 0 radical (unpaired) electrons. The summed E-state index contributed by atoms with van der Waals surface area (Å²) in [5.41, 5.74) is 0. The van der Waals surface area contributed by atoms with Crippen molar-refractivity contribution in [2.75, 3.05) is 26.0 Å². The van der Waals surface area contributed by atoms with Crippen LogP contribution >= 0.6 is 0 Å². The summed E-state index contributed by atoms with van der Waals surface area (Å²) in [6.07, 6.45) is 5.62. The highest BCUT2D eigenvalue weighted by atomic mass is 32.2. The van der Waals surface area contributed by atoms with Crippen LogP contribution in [-0.4, -0.2) is 56.4 Å². The molecular weight excluding hydrogens is 290 g/mol. The van der Waals surface area contributed by atoms with Gasteiger partial charge in [-0.25, -0.2) is 8.42 Å². The van der Waals surface area contributed by atoms with Crippen LogP contribution in [0, 0.1) is 5.92 Å². The summed E-state index contributed by atoms with van der Waals surface area (Å²) in [7, 11) is -3.11. The van der Waals surface area contributed by atoms with Crippen LogP contribution in [0.5, 0.6) is 0 Å². The molecular formula is C15H31NO4S. The molecule has 5 nitrogen and oxygen atoms in total. The van der Waals surface area contributed by atoms with Gasteiger partial charge in [0.15, 0.2) is 9.84 Å². The SMILES string of the molecule is CC1CCCCC1OCC(O)CNCC(C)(C)S(C)(=O)=O. The van der Waals surface area contributed by atoms with Crippen molar-refractivity contribution >= 4 is 9.84 Å². The van der Waals surface area contributed by atoms with Crippen LogP contribution in [0.4, 0.5) is 0 Å². The Kier molecular flexibility index (Phi) is 7.10. The number of sulfone groups is 1. The topological polar surface area (TPSA) is 75.6 Å². The molecule has 1 aliphatic rings. The summed E-state index contributed by atoms with van der Waals surface area (Å²) in [4.78, 5) is 0. The summed E-state index contributed by atoms with van der Waals surface area (Å²) in [5, 5.41) is 13.0. The molecule has 0 aromatic heterocycles. The van der Waals surface area contributed by atoms with Gasteiger partial charge in [0.2, 0.25) is 0 Å². The zero-order valence-corrected chi connectivity index (χ0v) is 14.6. The molecule has 0 aliphatic heterocycles. The first-order valence-electron chi connectivity index (χ1n) is 7.83. The van der Waals surface area contributed by atoms with E-state index in [9.17, 15) is 13.5 Å². The lowest BCUT2D eigenvalue weighted by Gasteiger charge is -2.30. The Morgan fingerprint density at radius 2 is 1.95 bits per heavy atom. The number of nitrogens with one attached hydrogen (secondary N) is 1. The van der Waals surface area contributed by atoms with Gasteiger partial charge in [-0.3, -0.25) is 0 Å². The van der Waals surface area contributed by atoms with E-state index in [-0.39, 0.29) is 6.10 Å². The van der Waals surface area contributed by atoms with E-state index < -0.39 is 20.7 Å². The average Bonchev–Trinajstić information content (AvgIpc) is 2.36. The molecule has 6 heteroatoms. The lowest BCUT2D eigenvalue weighted by Crippen LogP contribution is -2.44. The van der Waals surface area contributed by atoms with E-state index in [1.807, 2.05) is 0 Å². The van der Waals surface area contributed by atoms with Gasteiger partial charge in [-0.05, 0) is 32.6 Å². The van der Waals surface area contributed by atoms with Crippen LogP contribution in [0.2, 0.25) is 0 Å².